The molecule has 1 atom stereocenters. The predicted molar refractivity (Wildman–Crippen MR) is 59.7 cm³/mol. The molecule has 0 amide bonds. The Balaban J connectivity index is 1.77. The molecule has 0 spiro atoms. The van der Waals surface area contributed by atoms with Crippen LogP contribution in [0.1, 0.15) is 19.3 Å². The highest BCUT2D eigenvalue weighted by atomic mass is 15.3. The zero-order chi connectivity index (χ0) is 10.5. The second-order valence-corrected chi connectivity index (χ2v) is 4.44. The fraction of sp³-hybridized carbons (Fsp3) is 1.00. The molecule has 15 heavy (non-hydrogen) atoms. The first kappa shape index (κ1) is 10.7. The summed E-state index contributed by atoms with van der Waals surface area (Å²) in [4.78, 5) is 7.84. The van der Waals surface area contributed by atoms with E-state index >= 15 is 0 Å². The van der Waals surface area contributed by atoms with Gasteiger partial charge in [-0.15, -0.1) is 0 Å². The van der Waals surface area contributed by atoms with E-state index in [-0.39, 0.29) is 0 Å². The smallest absolute Gasteiger partial charge is 0.0385 e. The largest absolute Gasteiger partial charge is 0.300 e. The highest BCUT2D eigenvalue weighted by molar-refractivity contribution is 4.85. The molecule has 1 unspecified atom stereocenters. The number of rotatable bonds is 3. The van der Waals surface area contributed by atoms with Crippen molar-refractivity contribution in [3.05, 3.63) is 10.4 Å². The maximum Gasteiger partial charge on any atom is 0.0385 e. The van der Waals surface area contributed by atoms with Gasteiger partial charge in [-0.25, -0.2) is 0 Å². The van der Waals surface area contributed by atoms with Gasteiger partial charge in [0.05, 0.1) is 0 Å². The van der Waals surface area contributed by atoms with Crippen molar-refractivity contribution < 1.29 is 0 Å². The monoisotopic (exact) mass is 209 g/mol. The van der Waals surface area contributed by atoms with Crippen molar-refractivity contribution in [3.8, 4) is 0 Å². The highest BCUT2D eigenvalue weighted by Gasteiger charge is 2.28. The number of azide groups is 1. The van der Waals surface area contributed by atoms with Gasteiger partial charge in [-0.05, 0) is 24.9 Å². The van der Waals surface area contributed by atoms with E-state index < -0.39 is 0 Å². The molecule has 0 saturated carbocycles. The van der Waals surface area contributed by atoms with E-state index in [0.717, 1.165) is 19.1 Å². The molecule has 0 radical (unpaired) electrons. The molecule has 2 aliphatic rings. The van der Waals surface area contributed by atoms with Crippen molar-refractivity contribution in [2.24, 2.45) is 5.11 Å². The van der Waals surface area contributed by atoms with Crippen molar-refractivity contribution in [3.63, 3.8) is 0 Å². The van der Waals surface area contributed by atoms with Gasteiger partial charge in [0.1, 0.15) is 0 Å². The lowest BCUT2D eigenvalue weighted by Gasteiger charge is -2.44. The molecule has 0 aliphatic carbocycles. The van der Waals surface area contributed by atoms with Crippen molar-refractivity contribution in [1.29, 1.82) is 0 Å². The molecule has 0 bridgehead atoms. The lowest BCUT2D eigenvalue weighted by molar-refractivity contribution is 0.0510. The zero-order valence-electron chi connectivity index (χ0n) is 9.18. The lowest BCUT2D eigenvalue weighted by Crippen LogP contribution is -2.55. The molecule has 2 rings (SSSR count). The SMILES string of the molecule is [N-]=[N+]=NCCN1CCN2CCCCC2C1. The molecule has 2 aliphatic heterocycles. The van der Waals surface area contributed by atoms with Crippen molar-refractivity contribution in [2.75, 3.05) is 39.3 Å². The maximum absolute atomic E-state index is 8.21. The number of nitrogens with zero attached hydrogens (tertiary/aromatic N) is 5. The molecular weight excluding hydrogens is 190 g/mol. The second kappa shape index (κ2) is 5.35. The Morgan fingerprint density at radius 1 is 1.27 bits per heavy atom. The van der Waals surface area contributed by atoms with Crippen LogP contribution in [0, 0.1) is 0 Å². The summed E-state index contributed by atoms with van der Waals surface area (Å²) in [6.45, 7) is 6.33. The molecule has 5 heteroatoms. The third kappa shape index (κ3) is 2.84. The van der Waals surface area contributed by atoms with Gasteiger partial charge < -0.3 is 4.90 Å². The van der Waals surface area contributed by atoms with Gasteiger partial charge in [0.15, 0.2) is 0 Å². The Labute approximate surface area is 90.7 Å². The van der Waals surface area contributed by atoms with Crippen LogP contribution < -0.4 is 0 Å². The minimum absolute atomic E-state index is 0.614. The number of fused-ring (bicyclic) bond motifs is 1. The molecule has 0 N–H and O–H groups in total. The summed E-state index contributed by atoms with van der Waals surface area (Å²) in [5.41, 5.74) is 8.21. The maximum atomic E-state index is 8.21. The highest BCUT2D eigenvalue weighted by Crippen LogP contribution is 2.20. The predicted octanol–water partition coefficient (Wildman–Crippen LogP) is 1.47. The average molecular weight is 209 g/mol. The Bertz CT molecular complexity index is 248. The van der Waals surface area contributed by atoms with Gasteiger partial charge in [-0.3, -0.25) is 4.90 Å². The van der Waals surface area contributed by atoms with Gasteiger partial charge in [0.25, 0.3) is 0 Å². The Morgan fingerprint density at radius 3 is 3.07 bits per heavy atom. The van der Waals surface area contributed by atoms with Crippen LogP contribution in [0.2, 0.25) is 0 Å². The minimum Gasteiger partial charge on any atom is -0.300 e. The van der Waals surface area contributed by atoms with Crippen LogP contribution in [-0.2, 0) is 0 Å². The average Bonchev–Trinajstić information content (AvgIpc) is 2.29. The van der Waals surface area contributed by atoms with E-state index in [4.69, 9.17) is 5.53 Å². The van der Waals surface area contributed by atoms with Gasteiger partial charge >= 0.3 is 0 Å². The fourth-order valence-corrected chi connectivity index (χ4v) is 2.65. The summed E-state index contributed by atoms with van der Waals surface area (Å²) in [6, 6.07) is 0.763. The van der Waals surface area contributed by atoms with Crippen LogP contribution in [0.25, 0.3) is 10.4 Å². The summed E-state index contributed by atoms with van der Waals surface area (Å²) in [5, 5.41) is 3.60. The Hall–Kier alpha value is -0.770. The van der Waals surface area contributed by atoms with Crippen molar-refractivity contribution >= 4 is 0 Å². The molecule has 0 aromatic rings. The van der Waals surface area contributed by atoms with E-state index in [9.17, 15) is 0 Å². The van der Waals surface area contributed by atoms with E-state index in [1.807, 2.05) is 0 Å². The molecule has 2 heterocycles. The van der Waals surface area contributed by atoms with E-state index in [0.29, 0.717) is 6.54 Å². The lowest BCUT2D eigenvalue weighted by atomic mass is 9.99. The molecule has 0 aromatic carbocycles. The summed E-state index contributed by atoms with van der Waals surface area (Å²) >= 11 is 0. The molecular formula is C10H19N5. The number of piperidine rings is 1. The summed E-state index contributed by atoms with van der Waals surface area (Å²) in [5.74, 6) is 0. The van der Waals surface area contributed by atoms with Crippen LogP contribution in [0.4, 0.5) is 0 Å². The number of hydrogen-bond acceptors (Lipinski definition) is 3. The first-order valence-electron chi connectivity index (χ1n) is 5.87. The third-order valence-corrected chi connectivity index (χ3v) is 3.50. The summed E-state index contributed by atoms with van der Waals surface area (Å²) in [6.07, 6.45) is 4.10. The van der Waals surface area contributed by atoms with Crippen LogP contribution in [0.15, 0.2) is 5.11 Å². The third-order valence-electron chi connectivity index (χ3n) is 3.50. The Kier molecular flexibility index (Phi) is 3.83. The number of piperazine rings is 1. The molecule has 84 valence electrons. The molecule has 2 saturated heterocycles. The van der Waals surface area contributed by atoms with Crippen LogP contribution in [0.5, 0.6) is 0 Å². The quantitative estimate of drug-likeness (QED) is 0.401. The van der Waals surface area contributed by atoms with E-state index in [1.165, 1.54) is 38.9 Å². The number of hydrogen-bond donors (Lipinski definition) is 0. The summed E-state index contributed by atoms with van der Waals surface area (Å²) < 4.78 is 0. The van der Waals surface area contributed by atoms with Gasteiger partial charge in [-0.2, -0.15) is 0 Å². The molecule has 2 fully saturated rings. The topological polar surface area (TPSA) is 55.2 Å². The fourth-order valence-electron chi connectivity index (χ4n) is 2.65. The summed E-state index contributed by atoms with van der Waals surface area (Å²) in [7, 11) is 0. The standard InChI is InChI=1S/C10H19N5/c11-13-12-4-6-14-7-8-15-5-2-1-3-10(15)9-14/h10H,1-9H2. The van der Waals surface area contributed by atoms with Crippen LogP contribution >= 0.6 is 0 Å². The molecule has 5 nitrogen and oxygen atoms in total. The van der Waals surface area contributed by atoms with E-state index in [2.05, 4.69) is 19.8 Å². The van der Waals surface area contributed by atoms with Gasteiger partial charge in [0, 0.05) is 43.7 Å². The van der Waals surface area contributed by atoms with Crippen molar-refractivity contribution in [2.45, 2.75) is 25.3 Å². The Morgan fingerprint density at radius 2 is 2.20 bits per heavy atom. The minimum atomic E-state index is 0.614. The first-order chi connectivity index (χ1) is 7.40. The normalized spacial score (nSPS) is 28.1. The molecule has 0 aromatic heterocycles. The van der Waals surface area contributed by atoms with E-state index in [1.54, 1.807) is 0 Å². The van der Waals surface area contributed by atoms with Crippen molar-refractivity contribution in [1.82, 2.24) is 9.80 Å². The first-order valence-corrected chi connectivity index (χ1v) is 5.87. The van der Waals surface area contributed by atoms with Crippen LogP contribution in [-0.4, -0.2) is 55.1 Å². The zero-order valence-corrected chi connectivity index (χ0v) is 9.18. The second-order valence-electron chi connectivity index (χ2n) is 4.44. The van der Waals surface area contributed by atoms with Gasteiger partial charge in [-0.1, -0.05) is 11.5 Å². The van der Waals surface area contributed by atoms with Gasteiger partial charge in [0.2, 0.25) is 0 Å². The van der Waals surface area contributed by atoms with Crippen LogP contribution in [0.3, 0.4) is 0 Å².